The Morgan fingerprint density at radius 3 is 2.48 bits per heavy atom. The average molecular weight is 417 g/mol. The lowest BCUT2D eigenvalue weighted by Gasteiger charge is -2.10. The molecule has 0 saturated heterocycles. The zero-order valence-corrected chi connectivity index (χ0v) is 16.7. The van der Waals surface area contributed by atoms with E-state index in [1.54, 1.807) is 62.4 Å². The summed E-state index contributed by atoms with van der Waals surface area (Å²) in [5, 5.41) is 9.29. The highest BCUT2D eigenvalue weighted by Gasteiger charge is 2.13. The molecule has 0 fully saturated rings. The normalized spacial score (nSPS) is 10.6. The maximum atomic E-state index is 12.1. The highest BCUT2D eigenvalue weighted by atomic mass is 35.5. The molecule has 0 spiro atoms. The van der Waals surface area contributed by atoms with Gasteiger partial charge in [-0.1, -0.05) is 35.9 Å². The van der Waals surface area contributed by atoms with Crippen molar-refractivity contribution in [2.24, 2.45) is 5.10 Å². The van der Waals surface area contributed by atoms with Crippen molar-refractivity contribution < 1.29 is 19.1 Å². The van der Waals surface area contributed by atoms with E-state index in [0.717, 1.165) is 0 Å². The van der Waals surface area contributed by atoms with Crippen molar-refractivity contribution in [1.82, 2.24) is 10.7 Å². The Hall–Kier alpha value is -3.39. The van der Waals surface area contributed by atoms with Crippen LogP contribution in [-0.4, -0.2) is 36.6 Å². The summed E-state index contributed by atoms with van der Waals surface area (Å²) in [5.74, 6) is -1.67. The molecule has 0 aliphatic rings. The Balaban J connectivity index is 1.93. The minimum Gasteiger partial charge on any atom is -0.483 e. The predicted octanol–water partition coefficient (Wildman–Crippen LogP) is 2.33. The Bertz CT molecular complexity index is 915. The van der Waals surface area contributed by atoms with Gasteiger partial charge in [0, 0.05) is 11.6 Å². The largest absolute Gasteiger partial charge is 0.483 e. The second-order valence-electron chi connectivity index (χ2n) is 6.18. The summed E-state index contributed by atoms with van der Waals surface area (Å²) in [6.45, 7) is 3.23. The van der Waals surface area contributed by atoms with E-state index in [-0.39, 0.29) is 18.6 Å². The molecule has 0 saturated carbocycles. The average Bonchev–Trinajstić information content (AvgIpc) is 2.68. The van der Waals surface area contributed by atoms with Gasteiger partial charge in [-0.05, 0) is 38.1 Å². The maximum Gasteiger partial charge on any atom is 0.329 e. The van der Waals surface area contributed by atoms with Crippen LogP contribution in [-0.2, 0) is 14.4 Å². The van der Waals surface area contributed by atoms with Gasteiger partial charge in [0.25, 0.3) is 5.91 Å². The Morgan fingerprint density at radius 2 is 1.76 bits per heavy atom. The number of nitrogens with one attached hydrogen (secondary N) is 3. The summed E-state index contributed by atoms with van der Waals surface area (Å²) in [7, 11) is 0. The third-order valence-electron chi connectivity index (χ3n) is 3.42. The molecule has 0 aromatic heterocycles. The van der Waals surface area contributed by atoms with Crippen LogP contribution in [0.5, 0.6) is 5.75 Å². The molecule has 2 aromatic carbocycles. The van der Waals surface area contributed by atoms with Crippen molar-refractivity contribution in [3.8, 4) is 5.75 Å². The highest BCUT2D eigenvalue weighted by Crippen LogP contribution is 2.20. The molecule has 0 aliphatic carbocycles. The summed E-state index contributed by atoms with van der Waals surface area (Å²) in [6.07, 6.45) is 1.32. The first-order valence-corrected chi connectivity index (χ1v) is 9.14. The Kier molecular flexibility index (Phi) is 8.17. The fourth-order valence-electron chi connectivity index (χ4n) is 2.15. The molecule has 0 aliphatic heterocycles. The fraction of sp³-hybridized carbons (Fsp3) is 0.200. The van der Waals surface area contributed by atoms with Crippen LogP contribution in [0.3, 0.4) is 0 Å². The van der Waals surface area contributed by atoms with E-state index in [9.17, 15) is 14.4 Å². The molecule has 3 N–H and O–H groups in total. The van der Waals surface area contributed by atoms with Crippen LogP contribution in [0.4, 0.5) is 5.69 Å². The van der Waals surface area contributed by atoms with Gasteiger partial charge < -0.3 is 15.4 Å². The van der Waals surface area contributed by atoms with E-state index < -0.39 is 11.8 Å². The van der Waals surface area contributed by atoms with Gasteiger partial charge in [-0.3, -0.25) is 14.4 Å². The fourth-order valence-corrected chi connectivity index (χ4v) is 2.33. The molecule has 0 heterocycles. The minimum atomic E-state index is -0.882. The molecule has 0 atom stereocenters. The van der Waals surface area contributed by atoms with Crippen molar-refractivity contribution >= 4 is 41.2 Å². The first kappa shape index (κ1) is 21.9. The van der Waals surface area contributed by atoms with E-state index in [4.69, 9.17) is 16.3 Å². The molecular weight excluding hydrogens is 396 g/mol. The van der Waals surface area contributed by atoms with Crippen molar-refractivity contribution in [3.63, 3.8) is 0 Å². The van der Waals surface area contributed by atoms with Crippen molar-refractivity contribution in [3.05, 3.63) is 59.1 Å². The van der Waals surface area contributed by atoms with Crippen molar-refractivity contribution in [1.29, 1.82) is 0 Å². The molecule has 0 unspecified atom stereocenters. The molecule has 29 heavy (non-hydrogen) atoms. The molecule has 152 valence electrons. The lowest BCUT2D eigenvalue weighted by atomic mass is 10.2. The number of halogens is 1. The van der Waals surface area contributed by atoms with Crippen molar-refractivity contribution in [2.75, 3.05) is 11.9 Å². The van der Waals surface area contributed by atoms with E-state index in [1.807, 2.05) is 0 Å². The number of hydrogen-bond donors (Lipinski definition) is 3. The summed E-state index contributed by atoms with van der Waals surface area (Å²) < 4.78 is 5.53. The number of para-hydroxylation sites is 2. The standard InChI is InChI=1S/C20H21ClN4O4/c1-13(2)23-19(27)20(28)25-22-11-14-7-3-6-10-17(14)29-12-18(26)24-16-9-5-4-8-15(16)21/h3-11,13H,12H2,1-2H3,(H,23,27)(H,24,26)(H,25,28)/b22-11-. The summed E-state index contributed by atoms with van der Waals surface area (Å²) >= 11 is 6.01. The first-order valence-electron chi connectivity index (χ1n) is 8.77. The number of carbonyl (C=O) groups is 3. The first-order chi connectivity index (χ1) is 13.9. The van der Waals surface area contributed by atoms with Crippen LogP contribution in [0.1, 0.15) is 19.4 Å². The van der Waals surface area contributed by atoms with Crippen LogP contribution in [0.2, 0.25) is 5.02 Å². The number of nitrogens with zero attached hydrogens (tertiary/aromatic N) is 1. The van der Waals surface area contributed by atoms with E-state index in [0.29, 0.717) is 22.0 Å². The summed E-state index contributed by atoms with van der Waals surface area (Å²) in [4.78, 5) is 35.3. The van der Waals surface area contributed by atoms with Crippen LogP contribution in [0, 0.1) is 0 Å². The molecule has 0 bridgehead atoms. The second kappa shape index (κ2) is 10.8. The number of anilines is 1. The van der Waals surface area contributed by atoms with E-state index >= 15 is 0 Å². The van der Waals surface area contributed by atoms with Crippen molar-refractivity contribution in [2.45, 2.75) is 19.9 Å². The number of amides is 3. The van der Waals surface area contributed by atoms with Crippen LogP contribution in [0.15, 0.2) is 53.6 Å². The van der Waals surface area contributed by atoms with Crippen LogP contribution < -0.4 is 20.8 Å². The number of carbonyl (C=O) groups excluding carboxylic acids is 3. The van der Waals surface area contributed by atoms with Gasteiger partial charge in [-0.15, -0.1) is 0 Å². The van der Waals surface area contributed by atoms with Crippen LogP contribution >= 0.6 is 11.6 Å². The third-order valence-corrected chi connectivity index (χ3v) is 3.75. The van der Waals surface area contributed by atoms with Gasteiger partial charge in [0.15, 0.2) is 6.61 Å². The summed E-state index contributed by atoms with van der Waals surface area (Å²) in [6, 6.07) is 13.5. The summed E-state index contributed by atoms with van der Waals surface area (Å²) in [5.41, 5.74) is 3.14. The second-order valence-corrected chi connectivity index (χ2v) is 6.59. The molecule has 9 heteroatoms. The van der Waals surface area contributed by atoms with E-state index in [2.05, 4.69) is 21.2 Å². The van der Waals surface area contributed by atoms with Gasteiger partial charge in [-0.2, -0.15) is 5.10 Å². The maximum absolute atomic E-state index is 12.1. The van der Waals surface area contributed by atoms with Gasteiger partial charge in [0.2, 0.25) is 0 Å². The monoisotopic (exact) mass is 416 g/mol. The molecule has 2 rings (SSSR count). The topological polar surface area (TPSA) is 109 Å². The number of rotatable bonds is 7. The Morgan fingerprint density at radius 1 is 1.07 bits per heavy atom. The highest BCUT2D eigenvalue weighted by molar-refractivity contribution is 6.35. The smallest absolute Gasteiger partial charge is 0.329 e. The number of hydrogen-bond acceptors (Lipinski definition) is 5. The van der Waals surface area contributed by atoms with Gasteiger partial charge in [0.1, 0.15) is 5.75 Å². The molecule has 0 radical (unpaired) electrons. The zero-order valence-electron chi connectivity index (χ0n) is 15.9. The van der Waals surface area contributed by atoms with E-state index in [1.165, 1.54) is 6.21 Å². The number of hydrazone groups is 1. The lowest BCUT2D eigenvalue weighted by molar-refractivity contribution is -0.139. The SMILES string of the molecule is CC(C)NC(=O)C(=O)N/N=C\c1ccccc1OCC(=O)Nc1ccccc1Cl. The zero-order chi connectivity index (χ0) is 21.2. The molecule has 3 amide bonds. The molecule has 8 nitrogen and oxygen atoms in total. The third kappa shape index (κ3) is 7.27. The van der Waals surface area contributed by atoms with Crippen LogP contribution in [0.25, 0.3) is 0 Å². The quantitative estimate of drug-likeness (QED) is 0.365. The van der Waals surface area contributed by atoms with Gasteiger partial charge in [0.05, 0.1) is 16.9 Å². The molecular formula is C20H21ClN4O4. The Labute approximate surface area is 173 Å². The number of ether oxygens (including phenoxy) is 1. The molecule has 2 aromatic rings. The van der Waals surface area contributed by atoms with Gasteiger partial charge in [-0.25, -0.2) is 5.43 Å². The lowest BCUT2D eigenvalue weighted by Crippen LogP contribution is -2.41. The van der Waals surface area contributed by atoms with Gasteiger partial charge >= 0.3 is 11.8 Å². The number of benzene rings is 2. The minimum absolute atomic E-state index is 0.164. The predicted molar refractivity (Wildman–Crippen MR) is 111 cm³/mol.